The Morgan fingerprint density at radius 1 is 1.05 bits per heavy atom. The Morgan fingerprint density at radius 3 is 2.33 bits per heavy atom. The van der Waals surface area contributed by atoms with Gasteiger partial charge in [-0.05, 0) is 56.9 Å². The van der Waals surface area contributed by atoms with E-state index in [1.165, 1.54) is 22.3 Å². The maximum atomic E-state index is 5.45. The average molecular weight is 290 g/mol. The molecular formula is C18H30N2O. The third-order valence-corrected chi connectivity index (χ3v) is 4.69. The van der Waals surface area contributed by atoms with E-state index in [9.17, 15) is 0 Å². The summed E-state index contributed by atoms with van der Waals surface area (Å²) in [6, 6.07) is 4.61. The van der Waals surface area contributed by atoms with Crippen LogP contribution in [0.4, 0.5) is 0 Å². The van der Waals surface area contributed by atoms with Gasteiger partial charge in [0.25, 0.3) is 0 Å². The van der Waals surface area contributed by atoms with Gasteiger partial charge in [0.2, 0.25) is 0 Å². The Labute approximate surface area is 129 Å². The van der Waals surface area contributed by atoms with Crippen molar-refractivity contribution in [1.82, 2.24) is 10.2 Å². The van der Waals surface area contributed by atoms with Gasteiger partial charge in [-0.1, -0.05) is 12.1 Å². The van der Waals surface area contributed by atoms with Gasteiger partial charge >= 0.3 is 0 Å². The summed E-state index contributed by atoms with van der Waals surface area (Å²) >= 11 is 0. The number of nitrogens with zero attached hydrogens (tertiary/aromatic N) is 1. The number of hydrogen-bond acceptors (Lipinski definition) is 3. The fraction of sp³-hybridized carbons (Fsp3) is 0.667. The molecule has 0 amide bonds. The maximum Gasteiger partial charge on any atom is 0.0594 e. The molecule has 0 spiro atoms. The van der Waals surface area contributed by atoms with Gasteiger partial charge in [0, 0.05) is 31.7 Å². The van der Waals surface area contributed by atoms with Gasteiger partial charge in [0.05, 0.1) is 13.2 Å². The standard InChI is InChI=1S/C18H30N2O/c1-14-10-16(3)17(11-15(14)2)12-19-13-18(4,5)20-6-8-21-9-7-20/h10-11,19H,6-9,12-13H2,1-5H3. The smallest absolute Gasteiger partial charge is 0.0594 e. The molecule has 21 heavy (non-hydrogen) atoms. The lowest BCUT2D eigenvalue weighted by Gasteiger charge is -2.41. The van der Waals surface area contributed by atoms with Crippen molar-refractivity contribution in [2.45, 2.75) is 46.7 Å². The monoisotopic (exact) mass is 290 g/mol. The van der Waals surface area contributed by atoms with Crippen LogP contribution in [0, 0.1) is 20.8 Å². The zero-order valence-corrected chi connectivity index (χ0v) is 14.3. The van der Waals surface area contributed by atoms with Crippen molar-refractivity contribution in [2.75, 3.05) is 32.8 Å². The summed E-state index contributed by atoms with van der Waals surface area (Å²) in [6.45, 7) is 17.0. The van der Waals surface area contributed by atoms with Crippen LogP contribution in [0.25, 0.3) is 0 Å². The fourth-order valence-electron chi connectivity index (χ4n) is 2.99. The van der Waals surface area contributed by atoms with Crippen molar-refractivity contribution in [3.05, 3.63) is 34.4 Å². The summed E-state index contributed by atoms with van der Waals surface area (Å²) in [5.74, 6) is 0. The third kappa shape index (κ3) is 4.29. The minimum absolute atomic E-state index is 0.178. The van der Waals surface area contributed by atoms with Crippen molar-refractivity contribution in [3.63, 3.8) is 0 Å². The largest absolute Gasteiger partial charge is 0.379 e. The topological polar surface area (TPSA) is 24.5 Å². The van der Waals surface area contributed by atoms with Crippen LogP contribution < -0.4 is 5.32 Å². The fourth-order valence-corrected chi connectivity index (χ4v) is 2.99. The first-order valence-corrected chi connectivity index (χ1v) is 8.00. The van der Waals surface area contributed by atoms with E-state index < -0.39 is 0 Å². The zero-order chi connectivity index (χ0) is 15.5. The molecule has 0 atom stereocenters. The SMILES string of the molecule is Cc1cc(C)c(CNCC(C)(C)N2CCOCC2)cc1C. The summed E-state index contributed by atoms with van der Waals surface area (Å²) in [6.07, 6.45) is 0. The van der Waals surface area contributed by atoms with Crippen LogP contribution in [0.1, 0.15) is 36.1 Å². The first-order chi connectivity index (χ1) is 9.90. The molecule has 1 aliphatic rings. The highest BCUT2D eigenvalue weighted by molar-refractivity contribution is 5.36. The van der Waals surface area contributed by atoms with E-state index in [4.69, 9.17) is 4.74 Å². The highest BCUT2D eigenvalue weighted by Gasteiger charge is 2.27. The van der Waals surface area contributed by atoms with E-state index in [1.54, 1.807) is 0 Å². The van der Waals surface area contributed by atoms with E-state index >= 15 is 0 Å². The molecule has 3 heteroatoms. The Hall–Kier alpha value is -0.900. The van der Waals surface area contributed by atoms with Crippen molar-refractivity contribution in [2.24, 2.45) is 0 Å². The highest BCUT2D eigenvalue weighted by Crippen LogP contribution is 2.17. The lowest BCUT2D eigenvalue weighted by molar-refractivity contribution is -0.00967. The molecule has 0 unspecified atom stereocenters. The molecule has 1 aliphatic heterocycles. The Bertz CT molecular complexity index is 476. The Morgan fingerprint density at radius 2 is 1.67 bits per heavy atom. The van der Waals surface area contributed by atoms with Gasteiger partial charge in [-0.25, -0.2) is 0 Å². The molecule has 0 radical (unpaired) electrons. The van der Waals surface area contributed by atoms with Gasteiger partial charge in [0.1, 0.15) is 0 Å². The van der Waals surface area contributed by atoms with Crippen molar-refractivity contribution in [1.29, 1.82) is 0 Å². The molecule has 1 N–H and O–H groups in total. The number of ether oxygens (including phenoxy) is 1. The summed E-state index contributed by atoms with van der Waals surface area (Å²) in [7, 11) is 0. The van der Waals surface area contributed by atoms with E-state index in [0.717, 1.165) is 39.4 Å². The van der Waals surface area contributed by atoms with Crippen molar-refractivity contribution < 1.29 is 4.74 Å². The molecular weight excluding hydrogens is 260 g/mol. The van der Waals surface area contributed by atoms with Crippen LogP contribution in [0.5, 0.6) is 0 Å². The molecule has 1 aromatic carbocycles. The van der Waals surface area contributed by atoms with Gasteiger partial charge in [0.15, 0.2) is 0 Å². The number of rotatable bonds is 5. The first-order valence-electron chi connectivity index (χ1n) is 8.00. The zero-order valence-electron chi connectivity index (χ0n) is 14.3. The molecule has 0 saturated carbocycles. The van der Waals surface area contributed by atoms with Gasteiger partial charge in [-0.3, -0.25) is 4.90 Å². The molecule has 3 nitrogen and oxygen atoms in total. The van der Waals surface area contributed by atoms with Gasteiger partial charge in [-0.15, -0.1) is 0 Å². The van der Waals surface area contributed by atoms with Crippen LogP contribution >= 0.6 is 0 Å². The molecule has 0 aromatic heterocycles. The summed E-state index contributed by atoms with van der Waals surface area (Å²) < 4.78 is 5.45. The van der Waals surface area contributed by atoms with E-state index in [2.05, 4.69) is 57.0 Å². The quantitative estimate of drug-likeness (QED) is 0.902. The highest BCUT2D eigenvalue weighted by atomic mass is 16.5. The van der Waals surface area contributed by atoms with Crippen molar-refractivity contribution >= 4 is 0 Å². The maximum absolute atomic E-state index is 5.45. The number of nitrogens with one attached hydrogen (secondary N) is 1. The minimum Gasteiger partial charge on any atom is -0.379 e. The van der Waals surface area contributed by atoms with E-state index in [-0.39, 0.29) is 5.54 Å². The minimum atomic E-state index is 0.178. The predicted molar refractivity (Wildman–Crippen MR) is 88.8 cm³/mol. The lowest BCUT2D eigenvalue weighted by Crippen LogP contribution is -2.54. The number of aryl methyl sites for hydroxylation is 3. The van der Waals surface area contributed by atoms with Crippen LogP contribution in [-0.4, -0.2) is 43.3 Å². The molecule has 2 rings (SSSR count). The van der Waals surface area contributed by atoms with Crippen LogP contribution in [0.3, 0.4) is 0 Å². The van der Waals surface area contributed by atoms with Gasteiger partial charge < -0.3 is 10.1 Å². The number of morpholine rings is 1. The summed E-state index contributed by atoms with van der Waals surface area (Å²) in [5, 5.41) is 3.64. The van der Waals surface area contributed by atoms with E-state index in [1.807, 2.05) is 0 Å². The second-order valence-electron chi connectivity index (χ2n) is 6.88. The molecule has 1 aromatic rings. The normalized spacial score (nSPS) is 17.2. The van der Waals surface area contributed by atoms with E-state index in [0.29, 0.717) is 0 Å². The number of benzene rings is 1. The average Bonchev–Trinajstić information content (AvgIpc) is 2.45. The molecule has 0 bridgehead atoms. The molecule has 118 valence electrons. The van der Waals surface area contributed by atoms with Crippen LogP contribution in [0.15, 0.2) is 12.1 Å². The van der Waals surface area contributed by atoms with Crippen LogP contribution in [-0.2, 0) is 11.3 Å². The van der Waals surface area contributed by atoms with Crippen molar-refractivity contribution in [3.8, 4) is 0 Å². The van der Waals surface area contributed by atoms with Gasteiger partial charge in [-0.2, -0.15) is 0 Å². The Balaban J connectivity index is 1.90. The Kier molecular flexibility index (Phi) is 5.42. The van der Waals surface area contributed by atoms with Crippen LogP contribution in [0.2, 0.25) is 0 Å². The first kappa shape index (κ1) is 16.5. The predicted octanol–water partition coefficient (Wildman–Crippen LogP) is 2.81. The third-order valence-electron chi connectivity index (χ3n) is 4.69. The lowest BCUT2D eigenvalue weighted by atomic mass is 9.99. The molecule has 1 saturated heterocycles. The second-order valence-corrected chi connectivity index (χ2v) is 6.88. The molecule has 1 heterocycles. The second kappa shape index (κ2) is 6.91. The molecule has 0 aliphatic carbocycles. The molecule has 1 fully saturated rings. The summed E-state index contributed by atoms with van der Waals surface area (Å²) in [5.41, 5.74) is 5.73. The number of hydrogen-bond donors (Lipinski definition) is 1. The summed E-state index contributed by atoms with van der Waals surface area (Å²) in [4.78, 5) is 2.52.